The van der Waals surface area contributed by atoms with Gasteiger partial charge in [-0.1, -0.05) is 104 Å². The van der Waals surface area contributed by atoms with Crippen molar-refractivity contribution in [1.82, 2.24) is 4.57 Å². The second-order valence-corrected chi connectivity index (χ2v) is 11.7. The minimum Gasteiger partial charge on any atom is -0.335 e. The molecule has 0 saturated carbocycles. The molecule has 0 saturated heterocycles. The van der Waals surface area contributed by atoms with Crippen LogP contribution in [-0.4, -0.2) is 17.3 Å². The molecule has 4 aliphatic rings. The zero-order chi connectivity index (χ0) is 25.2. The highest BCUT2D eigenvalue weighted by Gasteiger charge is 2.52. The molecular formula is C35H27BN2. The van der Waals surface area contributed by atoms with Gasteiger partial charge in [0.15, 0.2) is 0 Å². The Hall–Kier alpha value is -4.24. The summed E-state index contributed by atoms with van der Waals surface area (Å²) in [4.78, 5) is 2.61. The van der Waals surface area contributed by atoms with Crippen LogP contribution in [0.2, 0.25) is 0 Å². The van der Waals surface area contributed by atoms with Gasteiger partial charge in [-0.25, -0.2) is 0 Å². The van der Waals surface area contributed by atoms with Crippen LogP contribution >= 0.6 is 0 Å². The zero-order valence-electron chi connectivity index (χ0n) is 21.6. The minimum absolute atomic E-state index is 0.0918. The van der Waals surface area contributed by atoms with Gasteiger partial charge in [-0.05, 0) is 52.7 Å². The Labute approximate surface area is 223 Å². The van der Waals surface area contributed by atoms with E-state index in [9.17, 15) is 0 Å². The Bertz CT molecular complexity index is 1940. The lowest BCUT2D eigenvalue weighted by Gasteiger charge is -2.46. The lowest BCUT2D eigenvalue weighted by molar-refractivity contribution is 0.675. The van der Waals surface area contributed by atoms with E-state index in [4.69, 9.17) is 0 Å². The lowest BCUT2D eigenvalue weighted by atomic mass is 9.30. The van der Waals surface area contributed by atoms with E-state index in [0.29, 0.717) is 6.04 Å². The van der Waals surface area contributed by atoms with Gasteiger partial charge in [-0.15, -0.1) is 0 Å². The monoisotopic (exact) mass is 486 g/mol. The van der Waals surface area contributed by atoms with Crippen molar-refractivity contribution in [3.63, 3.8) is 0 Å². The van der Waals surface area contributed by atoms with Crippen molar-refractivity contribution in [3.8, 4) is 0 Å². The minimum atomic E-state index is -0.0918. The summed E-state index contributed by atoms with van der Waals surface area (Å²) in [5.41, 5.74) is 14.0. The molecule has 4 aromatic carbocycles. The molecule has 0 bridgehead atoms. The van der Waals surface area contributed by atoms with Gasteiger partial charge >= 0.3 is 0 Å². The van der Waals surface area contributed by atoms with E-state index in [2.05, 4.69) is 133 Å². The predicted molar refractivity (Wildman–Crippen MR) is 162 cm³/mol. The van der Waals surface area contributed by atoms with Crippen LogP contribution in [0.5, 0.6) is 0 Å². The lowest BCUT2D eigenvalue weighted by Crippen LogP contribution is -2.54. The first-order chi connectivity index (χ1) is 18.7. The highest BCUT2D eigenvalue weighted by atomic mass is 15.2. The first-order valence-electron chi connectivity index (χ1n) is 13.8. The standard InChI is InChI=1S/C35H27BN2/c1-35(2)26-16-8-6-15-25(26)31-34(35)38-28-18-10-7-14-23(28)24-20-21-30-32(33(24)38)36(31)27-17-9-11-19-29(27)37(30)22-12-4-3-5-13-22/h3-18,20-21,29H,19H2,1-2H3. The van der Waals surface area contributed by atoms with Crippen molar-refractivity contribution in [2.24, 2.45) is 0 Å². The number of rotatable bonds is 1. The van der Waals surface area contributed by atoms with E-state index >= 15 is 0 Å². The normalized spacial score (nSPS) is 20.1. The molecule has 38 heavy (non-hydrogen) atoms. The maximum atomic E-state index is 2.64. The first-order valence-corrected chi connectivity index (χ1v) is 13.8. The van der Waals surface area contributed by atoms with Gasteiger partial charge in [0.05, 0.1) is 17.1 Å². The fraction of sp³-hybridized carbons (Fsp3) is 0.143. The van der Waals surface area contributed by atoms with Gasteiger partial charge in [0.2, 0.25) is 6.71 Å². The molecule has 0 amide bonds. The number of nitrogens with zero attached hydrogens (tertiary/aromatic N) is 2. The Morgan fingerprint density at radius 2 is 1.61 bits per heavy atom. The van der Waals surface area contributed by atoms with Gasteiger partial charge < -0.3 is 9.47 Å². The Balaban J connectivity index is 1.50. The number of aromatic nitrogens is 1. The van der Waals surface area contributed by atoms with Crippen LogP contribution in [0, 0.1) is 0 Å². The first kappa shape index (κ1) is 20.8. The van der Waals surface area contributed by atoms with Gasteiger partial charge in [0.25, 0.3) is 0 Å². The molecule has 3 heterocycles. The third kappa shape index (κ3) is 2.32. The highest BCUT2D eigenvalue weighted by molar-refractivity contribution is 7.00. The molecule has 2 aliphatic heterocycles. The summed E-state index contributed by atoms with van der Waals surface area (Å²) in [6.45, 7) is 5.10. The fourth-order valence-corrected chi connectivity index (χ4v) is 8.08. The molecular weight excluding hydrogens is 459 g/mol. The van der Waals surface area contributed by atoms with Crippen LogP contribution in [0.3, 0.4) is 0 Å². The molecule has 0 radical (unpaired) electrons. The molecule has 1 atom stereocenters. The zero-order valence-corrected chi connectivity index (χ0v) is 21.6. The number of allylic oxidation sites excluding steroid dienone is 3. The van der Waals surface area contributed by atoms with Gasteiger partial charge in [0, 0.05) is 33.3 Å². The molecule has 9 rings (SSSR count). The molecule has 2 nitrogen and oxygen atoms in total. The number of hydrogen-bond acceptors (Lipinski definition) is 1. The second-order valence-electron chi connectivity index (χ2n) is 11.7. The Morgan fingerprint density at radius 3 is 2.50 bits per heavy atom. The largest absolute Gasteiger partial charge is 0.335 e. The SMILES string of the molecule is CC1(C)C2=C(B3C4=CC=CCC4N(c4ccccc4)c4ccc5c6ccccc6n2c5c43)c2ccccc21. The van der Waals surface area contributed by atoms with Gasteiger partial charge in [0.1, 0.15) is 0 Å². The smallest absolute Gasteiger partial charge is 0.247 e. The van der Waals surface area contributed by atoms with E-state index in [1.165, 1.54) is 66.4 Å². The fourth-order valence-electron chi connectivity index (χ4n) is 8.08. The third-order valence-electron chi connectivity index (χ3n) is 9.50. The summed E-state index contributed by atoms with van der Waals surface area (Å²) in [5, 5.41) is 2.71. The number of fused-ring (bicyclic) bond motifs is 9. The number of anilines is 2. The molecule has 0 spiro atoms. The summed E-state index contributed by atoms with van der Waals surface area (Å²) in [6.07, 6.45) is 8.07. The maximum Gasteiger partial charge on any atom is 0.247 e. The average Bonchev–Trinajstić information content (AvgIpc) is 3.42. The van der Waals surface area contributed by atoms with Crippen molar-refractivity contribution in [1.29, 1.82) is 0 Å². The summed E-state index contributed by atoms with van der Waals surface area (Å²) < 4.78 is 2.64. The highest BCUT2D eigenvalue weighted by Crippen LogP contribution is 2.56. The molecule has 3 heteroatoms. The van der Waals surface area contributed by atoms with Gasteiger partial charge in [-0.3, -0.25) is 0 Å². The van der Waals surface area contributed by atoms with E-state index in [0.717, 1.165) is 6.42 Å². The van der Waals surface area contributed by atoms with E-state index < -0.39 is 0 Å². The summed E-state index contributed by atoms with van der Waals surface area (Å²) in [7, 11) is 0. The number of hydrogen-bond donors (Lipinski definition) is 0. The average molecular weight is 486 g/mol. The van der Waals surface area contributed by atoms with Crippen molar-refractivity contribution in [2.45, 2.75) is 31.7 Å². The van der Waals surface area contributed by atoms with Crippen molar-refractivity contribution in [3.05, 3.63) is 126 Å². The molecule has 0 fully saturated rings. The van der Waals surface area contributed by atoms with Crippen molar-refractivity contribution < 1.29 is 0 Å². The molecule has 5 aromatic rings. The predicted octanol–water partition coefficient (Wildman–Crippen LogP) is 7.65. The van der Waals surface area contributed by atoms with Crippen molar-refractivity contribution >= 4 is 56.5 Å². The molecule has 1 aromatic heterocycles. The van der Waals surface area contributed by atoms with Crippen LogP contribution in [0.25, 0.3) is 33.0 Å². The number of benzene rings is 4. The molecule has 1 unspecified atom stereocenters. The summed E-state index contributed by atoms with van der Waals surface area (Å²) >= 11 is 0. The van der Waals surface area contributed by atoms with Crippen LogP contribution < -0.4 is 10.4 Å². The second kappa shape index (κ2) is 6.99. The maximum absolute atomic E-state index is 2.64. The molecule has 0 N–H and O–H groups in total. The molecule has 180 valence electrons. The van der Waals surface area contributed by atoms with E-state index in [1.54, 1.807) is 0 Å². The van der Waals surface area contributed by atoms with Crippen LogP contribution in [0.1, 0.15) is 31.4 Å². The van der Waals surface area contributed by atoms with E-state index in [1.807, 2.05) is 0 Å². The third-order valence-corrected chi connectivity index (χ3v) is 9.50. The van der Waals surface area contributed by atoms with E-state index in [-0.39, 0.29) is 12.1 Å². The summed E-state index contributed by atoms with van der Waals surface area (Å²) in [5.74, 6) is 0. The topological polar surface area (TPSA) is 8.17 Å². The Kier molecular flexibility index (Phi) is 3.82. The number of para-hydroxylation sites is 2. The summed E-state index contributed by atoms with van der Waals surface area (Å²) in [6, 6.07) is 34.2. The Morgan fingerprint density at radius 1 is 0.816 bits per heavy atom. The quantitative estimate of drug-likeness (QED) is 0.221. The molecule has 2 aliphatic carbocycles. The van der Waals surface area contributed by atoms with Crippen molar-refractivity contribution in [2.75, 3.05) is 4.90 Å². The van der Waals surface area contributed by atoms with Gasteiger partial charge in [-0.2, -0.15) is 0 Å². The van der Waals surface area contributed by atoms with Crippen LogP contribution in [-0.2, 0) is 5.41 Å². The van der Waals surface area contributed by atoms with Crippen LogP contribution in [0.4, 0.5) is 11.4 Å². The van der Waals surface area contributed by atoms with Crippen LogP contribution in [0.15, 0.2) is 115 Å².